The zero-order valence-corrected chi connectivity index (χ0v) is 7.51. The van der Waals surface area contributed by atoms with Crippen LogP contribution in [-0.2, 0) is 11.3 Å². The third-order valence-corrected chi connectivity index (χ3v) is 2.47. The highest BCUT2D eigenvalue weighted by molar-refractivity contribution is 7.09. The zero-order valence-electron chi connectivity index (χ0n) is 6.69. The number of aromatic nitrogens is 2. The first-order valence-corrected chi connectivity index (χ1v) is 4.78. The molecule has 66 valence electrons. The Hall–Kier alpha value is -0.680. The summed E-state index contributed by atoms with van der Waals surface area (Å²) in [6, 6.07) is 0. The molecule has 1 aromatic heterocycles. The summed E-state index contributed by atoms with van der Waals surface area (Å²) >= 11 is 1.22. The first-order valence-electron chi connectivity index (χ1n) is 4.00. The van der Waals surface area contributed by atoms with Crippen molar-refractivity contribution in [3.63, 3.8) is 0 Å². The summed E-state index contributed by atoms with van der Waals surface area (Å²) in [5.41, 5.74) is 6.36. The number of anilines is 1. The predicted molar refractivity (Wildman–Crippen MR) is 46.7 cm³/mol. The summed E-state index contributed by atoms with van der Waals surface area (Å²) in [5.74, 6) is 0.790. The number of hydrogen-bond donors (Lipinski definition) is 1. The average molecular weight is 185 g/mol. The van der Waals surface area contributed by atoms with Crippen LogP contribution in [-0.4, -0.2) is 16.2 Å². The van der Waals surface area contributed by atoms with E-state index in [1.54, 1.807) is 0 Å². The van der Waals surface area contributed by atoms with Gasteiger partial charge in [0, 0.05) is 18.1 Å². The summed E-state index contributed by atoms with van der Waals surface area (Å²) < 4.78 is 9.13. The van der Waals surface area contributed by atoms with E-state index < -0.39 is 0 Å². The molecule has 0 spiro atoms. The number of rotatable bonds is 4. The van der Waals surface area contributed by atoms with Crippen molar-refractivity contribution in [1.29, 1.82) is 0 Å². The number of nitrogens with two attached hydrogens (primary N) is 1. The van der Waals surface area contributed by atoms with Crippen LogP contribution >= 0.6 is 11.5 Å². The first-order chi connectivity index (χ1) is 5.86. The van der Waals surface area contributed by atoms with Crippen LogP contribution in [0.4, 0.5) is 5.00 Å². The molecular formula is C7H11N3OS. The molecule has 0 saturated heterocycles. The summed E-state index contributed by atoms with van der Waals surface area (Å²) in [4.78, 5) is 0. The fraction of sp³-hybridized carbons (Fsp3) is 0.714. The summed E-state index contributed by atoms with van der Waals surface area (Å²) in [6.45, 7) is 1.36. The minimum atomic E-state index is 0.513. The highest BCUT2D eigenvalue weighted by Crippen LogP contribution is 2.29. The van der Waals surface area contributed by atoms with E-state index >= 15 is 0 Å². The first kappa shape index (κ1) is 7.94. The predicted octanol–water partition coefficient (Wildman–Crippen LogP) is 1.05. The molecule has 0 amide bonds. The second-order valence-corrected chi connectivity index (χ2v) is 3.83. The Balaban J connectivity index is 1.75. The lowest BCUT2D eigenvalue weighted by Gasteiger charge is -1.99. The molecular weight excluding hydrogens is 174 g/mol. The van der Waals surface area contributed by atoms with Crippen LogP contribution in [0.15, 0.2) is 0 Å². The molecule has 1 heterocycles. The molecule has 1 fully saturated rings. The van der Waals surface area contributed by atoms with Gasteiger partial charge in [0.1, 0.15) is 10.7 Å². The summed E-state index contributed by atoms with van der Waals surface area (Å²) in [6.07, 6.45) is 2.62. The van der Waals surface area contributed by atoms with Crippen molar-refractivity contribution in [2.24, 2.45) is 5.92 Å². The number of nitrogen functional groups attached to an aromatic ring is 1. The molecule has 1 aliphatic carbocycles. The molecule has 0 aliphatic heterocycles. The van der Waals surface area contributed by atoms with E-state index in [1.165, 1.54) is 24.4 Å². The maximum Gasteiger partial charge on any atom is 0.133 e. The van der Waals surface area contributed by atoms with Crippen LogP contribution in [0.25, 0.3) is 0 Å². The number of nitrogens with zero attached hydrogens (tertiary/aromatic N) is 2. The highest BCUT2D eigenvalue weighted by Gasteiger charge is 2.21. The minimum absolute atomic E-state index is 0.513. The van der Waals surface area contributed by atoms with Crippen molar-refractivity contribution in [2.75, 3.05) is 12.3 Å². The number of ether oxygens (including phenoxy) is 1. The van der Waals surface area contributed by atoms with Crippen molar-refractivity contribution < 1.29 is 4.74 Å². The van der Waals surface area contributed by atoms with E-state index in [4.69, 9.17) is 10.5 Å². The van der Waals surface area contributed by atoms with Crippen LogP contribution in [0.1, 0.15) is 18.5 Å². The van der Waals surface area contributed by atoms with Gasteiger partial charge in [-0.15, -0.1) is 5.10 Å². The van der Waals surface area contributed by atoms with Crippen LogP contribution < -0.4 is 5.73 Å². The normalized spacial score (nSPS) is 16.7. The Labute approximate surface area is 74.9 Å². The quantitative estimate of drug-likeness (QED) is 0.761. The van der Waals surface area contributed by atoms with Crippen LogP contribution in [0.3, 0.4) is 0 Å². The third-order valence-electron chi connectivity index (χ3n) is 1.87. The van der Waals surface area contributed by atoms with E-state index in [2.05, 4.69) is 9.59 Å². The Morgan fingerprint density at radius 1 is 1.58 bits per heavy atom. The fourth-order valence-electron chi connectivity index (χ4n) is 0.922. The van der Waals surface area contributed by atoms with Gasteiger partial charge < -0.3 is 10.5 Å². The van der Waals surface area contributed by atoms with Gasteiger partial charge in [0.2, 0.25) is 0 Å². The average Bonchev–Trinajstić information content (AvgIpc) is 2.78. The molecule has 1 aromatic rings. The lowest BCUT2D eigenvalue weighted by atomic mass is 10.4. The second kappa shape index (κ2) is 3.37. The van der Waals surface area contributed by atoms with Gasteiger partial charge in [0.15, 0.2) is 0 Å². The van der Waals surface area contributed by atoms with Gasteiger partial charge in [-0.2, -0.15) is 0 Å². The van der Waals surface area contributed by atoms with Gasteiger partial charge in [0.25, 0.3) is 0 Å². The largest absolute Gasteiger partial charge is 0.388 e. The molecule has 4 nitrogen and oxygen atoms in total. The maximum absolute atomic E-state index is 5.59. The monoisotopic (exact) mass is 185 g/mol. The van der Waals surface area contributed by atoms with Gasteiger partial charge in [-0.05, 0) is 18.8 Å². The van der Waals surface area contributed by atoms with Crippen LogP contribution in [0.2, 0.25) is 0 Å². The lowest BCUT2D eigenvalue weighted by molar-refractivity contribution is 0.109. The smallest absolute Gasteiger partial charge is 0.133 e. The molecule has 2 N–H and O–H groups in total. The molecule has 0 bridgehead atoms. The standard InChI is InChI=1S/C7H11N3OS/c8-7-6(9-10-12-7)4-11-3-5-1-2-5/h5H,1-4,8H2. The van der Waals surface area contributed by atoms with Gasteiger partial charge in [0.05, 0.1) is 6.61 Å². The van der Waals surface area contributed by atoms with Crippen LogP contribution in [0, 0.1) is 5.92 Å². The SMILES string of the molecule is Nc1snnc1COCC1CC1. The Kier molecular flexibility index (Phi) is 2.23. The Morgan fingerprint density at radius 3 is 3.00 bits per heavy atom. The van der Waals surface area contributed by atoms with Gasteiger partial charge in [-0.1, -0.05) is 4.49 Å². The third kappa shape index (κ3) is 1.92. The van der Waals surface area contributed by atoms with E-state index in [0.29, 0.717) is 11.6 Å². The molecule has 0 radical (unpaired) electrons. The fourth-order valence-corrected chi connectivity index (χ4v) is 1.35. The van der Waals surface area contributed by atoms with Gasteiger partial charge in [-0.3, -0.25) is 0 Å². The van der Waals surface area contributed by atoms with Crippen molar-refractivity contribution in [2.45, 2.75) is 19.4 Å². The summed E-state index contributed by atoms with van der Waals surface area (Å²) in [5, 5.41) is 4.52. The zero-order chi connectivity index (χ0) is 8.39. The van der Waals surface area contributed by atoms with Gasteiger partial charge in [-0.25, -0.2) is 0 Å². The van der Waals surface area contributed by atoms with E-state index in [1.807, 2.05) is 0 Å². The molecule has 5 heteroatoms. The highest BCUT2D eigenvalue weighted by atomic mass is 32.1. The topological polar surface area (TPSA) is 61.0 Å². The molecule has 12 heavy (non-hydrogen) atoms. The molecule has 1 saturated carbocycles. The molecule has 2 rings (SSSR count). The molecule has 0 unspecified atom stereocenters. The Morgan fingerprint density at radius 2 is 2.42 bits per heavy atom. The molecule has 1 aliphatic rings. The molecule has 0 atom stereocenters. The molecule has 0 aromatic carbocycles. The van der Waals surface area contributed by atoms with Crippen molar-refractivity contribution in [3.8, 4) is 0 Å². The second-order valence-electron chi connectivity index (χ2n) is 3.04. The van der Waals surface area contributed by atoms with E-state index in [-0.39, 0.29) is 0 Å². The van der Waals surface area contributed by atoms with Crippen LogP contribution in [0.5, 0.6) is 0 Å². The van der Waals surface area contributed by atoms with Crippen molar-refractivity contribution in [1.82, 2.24) is 9.59 Å². The lowest BCUT2D eigenvalue weighted by Crippen LogP contribution is -1.99. The maximum atomic E-state index is 5.59. The van der Waals surface area contributed by atoms with E-state index in [0.717, 1.165) is 18.2 Å². The number of hydrogen-bond acceptors (Lipinski definition) is 5. The van der Waals surface area contributed by atoms with Crippen molar-refractivity contribution >= 4 is 16.5 Å². The minimum Gasteiger partial charge on any atom is -0.388 e. The van der Waals surface area contributed by atoms with E-state index in [9.17, 15) is 0 Å². The van der Waals surface area contributed by atoms with Gasteiger partial charge >= 0.3 is 0 Å². The Bertz CT molecular complexity index is 259. The van der Waals surface area contributed by atoms with Crippen molar-refractivity contribution in [3.05, 3.63) is 5.69 Å². The summed E-state index contributed by atoms with van der Waals surface area (Å²) in [7, 11) is 0.